The maximum Gasteiger partial charge on any atom is 0.224 e. The van der Waals surface area contributed by atoms with Crippen molar-refractivity contribution >= 4 is 5.91 Å². The SMILES string of the molecule is CCN(CC)C(=O)CC(C)NCc1ccc(C)cc1. The lowest BCUT2D eigenvalue weighted by molar-refractivity contribution is -0.131. The summed E-state index contributed by atoms with van der Waals surface area (Å²) < 4.78 is 0. The molecule has 3 heteroatoms. The van der Waals surface area contributed by atoms with Crippen LogP contribution in [0.4, 0.5) is 0 Å². The van der Waals surface area contributed by atoms with Crippen molar-refractivity contribution in [3.63, 3.8) is 0 Å². The summed E-state index contributed by atoms with van der Waals surface area (Å²) in [5, 5.41) is 3.40. The molecule has 0 fully saturated rings. The van der Waals surface area contributed by atoms with Crippen molar-refractivity contribution in [3.8, 4) is 0 Å². The van der Waals surface area contributed by atoms with Gasteiger partial charge in [0.25, 0.3) is 0 Å². The molecule has 0 radical (unpaired) electrons. The monoisotopic (exact) mass is 262 g/mol. The Morgan fingerprint density at radius 1 is 1.21 bits per heavy atom. The van der Waals surface area contributed by atoms with E-state index in [2.05, 4.69) is 43.4 Å². The van der Waals surface area contributed by atoms with Crippen molar-refractivity contribution in [2.45, 2.75) is 46.7 Å². The van der Waals surface area contributed by atoms with Gasteiger partial charge in [0, 0.05) is 32.1 Å². The Bertz CT molecular complexity index is 382. The molecule has 0 aliphatic heterocycles. The zero-order valence-corrected chi connectivity index (χ0v) is 12.6. The molecular formula is C16H26N2O. The molecule has 1 N–H and O–H groups in total. The largest absolute Gasteiger partial charge is 0.343 e. The number of benzene rings is 1. The van der Waals surface area contributed by atoms with Gasteiger partial charge < -0.3 is 10.2 Å². The van der Waals surface area contributed by atoms with Gasteiger partial charge in [0.1, 0.15) is 0 Å². The van der Waals surface area contributed by atoms with E-state index < -0.39 is 0 Å². The predicted octanol–water partition coefficient (Wildman–Crippen LogP) is 2.73. The summed E-state index contributed by atoms with van der Waals surface area (Å²) in [7, 11) is 0. The van der Waals surface area contributed by atoms with Crippen LogP contribution >= 0.6 is 0 Å². The highest BCUT2D eigenvalue weighted by Gasteiger charge is 2.13. The van der Waals surface area contributed by atoms with Crippen LogP contribution in [0.15, 0.2) is 24.3 Å². The van der Waals surface area contributed by atoms with E-state index in [0.29, 0.717) is 6.42 Å². The maximum absolute atomic E-state index is 12.0. The normalized spacial score (nSPS) is 12.2. The Morgan fingerprint density at radius 2 is 1.79 bits per heavy atom. The van der Waals surface area contributed by atoms with Crippen molar-refractivity contribution in [1.82, 2.24) is 10.2 Å². The minimum absolute atomic E-state index is 0.203. The molecule has 106 valence electrons. The van der Waals surface area contributed by atoms with Gasteiger partial charge in [-0.1, -0.05) is 29.8 Å². The van der Waals surface area contributed by atoms with Crippen LogP contribution in [-0.4, -0.2) is 29.9 Å². The molecule has 0 bridgehead atoms. The molecule has 0 saturated heterocycles. The van der Waals surface area contributed by atoms with Gasteiger partial charge in [-0.3, -0.25) is 4.79 Å². The van der Waals surface area contributed by atoms with Crippen LogP contribution in [0.2, 0.25) is 0 Å². The summed E-state index contributed by atoms with van der Waals surface area (Å²) in [5.74, 6) is 0.230. The Hall–Kier alpha value is -1.35. The molecule has 0 aliphatic rings. The quantitative estimate of drug-likeness (QED) is 0.819. The van der Waals surface area contributed by atoms with Crippen LogP contribution in [0.25, 0.3) is 0 Å². The van der Waals surface area contributed by atoms with E-state index in [-0.39, 0.29) is 11.9 Å². The molecule has 1 aromatic rings. The number of nitrogens with one attached hydrogen (secondary N) is 1. The summed E-state index contributed by atoms with van der Waals surface area (Å²) in [5.41, 5.74) is 2.53. The molecule has 0 heterocycles. The van der Waals surface area contributed by atoms with E-state index in [1.54, 1.807) is 0 Å². The molecule has 1 amide bonds. The fraction of sp³-hybridized carbons (Fsp3) is 0.562. The second-order valence-corrected chi connectivity index (χ2v) is 5.04. The summed E-state index contributed by atoms with van der Waals surface area (Å²) >= 11 is 0. The van der Waals surface area contributed by atoms with Gasteiger partial charge in [0.2, 0.25) is 5.91 Å². The highest BCUT2D eigenvalue weighted by molar-refractivity contribution is 5.76. The fourth-order valence-electron chi connectivity index (χ4n) is 2.04. The highest BCUT2D eigenvalue weighted by Crippen LogP contribution is 2.04. The summed E-state index contributed by atoms with van der Waals surface area (Å²) in [6.45, 7) is 10.6. The van der Waals surface area contributed by atoms with Gasteiger partial charge in [-0.15, -0.1) is 0 Å². The lowest BCUT2D eigenvalue weighted by atomic mass is 10.1. The topological polar surface area (TPSA) is 32.3 Å². The summed E-state index contributed by atoms with van der Waals surface area (Å²) in [6.07, 6.45) is 0.563. The van der Waals surface area contributed by atoms with Crippen LogP contribution in [-0.2, 0) is 11.3 Å². The Labute approximate surface area is 117 Å². The van der Waals surface area contributed by atoms with E-state index in [4.69, 9.17) is 0 Å². The van der Waals surface area contributed by atoms with Crippen molar-refractivity contribution in [2.24, 2.45) is 0 Å². The van der Waals surface area contributed by atoms with Gasteiger partial charge in [0.15, 0.2) is 0 Å². The Kier molecular flexibility index (Phi) is 6.57. The lowest BCUT2D eigenvalue weighted by Crippen LogP contribution is -2.36. The maximum atomic E-state index is 12.0. The lowest BCUT2D eigenvalue weighted by Gasteiger charge is -2.21. The first-order valence-corrected chi connectivity index (χ1v) is 7.13. The van der Waals surface area contributed by atoms with Gasteiger partial charge >= 0.3 is 0 Å². The number of aryl methyl sites for hydroxylation is 1. The molecule has 1 atom stereocenters. The molecule has 3 nitrogen and oxygen atoms in total. The molecule has 0 aliphatic carbocycles. The van der Waals surface area contributed by atoms with Gasteiger partial charge in [-0.05, 0) is 33.3 Å². The van der Waals surface area contributed by atoms with Crippen molar-refractivity contribution in [2.75, 3.05) is 13.1 Å². The number of hydrogen-bond donors (Lipinski definition) is 1. The zero-order valence-electron chi connectivity index (χ0n) is 12.6. The number of nitrogens with zero attached hydrogens (tertiary/aromatic N) is 1. The summed E-state index contributed by atoms with van der Waals surface area (Å²) in [4.78, 5) is 13.8. The number of carbonyl (C=O) groups is 1. The van der Waals surface area contributed by atoms with Crippen LogP contribution in [0.5, 0.6) is 0 Å². The van der Waals surface area contributed by atoms with Crippen LogP contribution in [0, 0.1) is 6.92 Å². The third-order valence-corrected chi connectivity index (χ3v) is 3.37. The Balaban J connectivity index is 2.37. The molecule has 19 heavy (non-hydrogen) atoms. The number of rotatable bonds is 7. The second kappa shape index (κ2) is 7.95. The number of hydrogen-bond acceptors (Lipinski definition) is 2. The smallest absolute Gasteiger partial charge is 0.224 e. The van der Waals surface area contributed by atoms with Gasteiger partial charge in [-0.25, -0.2) is 0 Å². The van der Waals surface area contributed by atoms with Crippen molar-refractivity contribution in [1.29, 1.82) is 0 Å². The Morgan fingerprint density at radius 3 is 2.32 bits per heavy atom. The standard InChI is InChI=1S/C16H26N2O/c1-5-18(6-2)16(19)11-14(4)17-12-15-9-7-13(3)8-10-15/h7-10,14,17H,5-6,11-12H2,1-4H3. The third kappa shape index (κ3) is 5.43. The molecule has 0 saturated carbocycles. The summed E-state index contributed by atoms with van der Waals surface area (Å²) in [6, 6.07) is 8.68. The highest BCUT2D eigenvalue weighted by atomic mass is 16.2. The molecule has 0 spiro atoms. The van der Waals surface area contributed by atoms with Gasteiger partial charge in [-0.2, -0.15) is 0 Å². The molecule has 1 rings (SSSR count). The fourth-order valence-corrected chi connectivity index (χ4v) is 2.04. The number of amides is 1. The van der Waals surface area contributed by atoms with E-state index in [9.17, 15) is 4.79 Å². The van der Waals surface area contributed by atoms with Crippen LogP contribution in [0.3, 0.4) is 0 Å². The van der Waals surface area contributed by atoms with E-state index in [0.717, 1.165) is 19.6 Å². The van der Waals surface area contributed by atoms with Crippen LogP contribution < -0.4 is 5.32 Å². The predicted molar refractivity (Wildman–Crippen MR) is 80.0 cm³/mol. The zero-order chi connectivity index (χ0) is 14.3. The second-order valence-electron chi connectivity index (χ2n) is 5.04. The molecule has 1 unspecified atom stereocenters. The minimum Gasteiger partial charge on any atom is -0.343 e. The third-order valence-electron chi connectivity index (χ3n) is 3.37. The first kappa shape index (κ1) is 15.7. The van der Waals surface area contributed by atoms with Gasteiger partial charge in [0.05, 0.1) is 0 Å². The molecular weight excluding hydrogens is 236 g/mol. The molecule has 1 aromatic carbocycles. The van der Waals surface area contributed by atoms with E-state index in [1.807, 2.05) is 18.7 Å². The average molecular weight is 262 g/mol. The van der Waals surface area contributed by atoms with E-state index >= 15 is 0 Å². The first-order chi connectivity index (χ1) is 9.06. The van der Waals surface area contributed by atoms with Crippen molar-refractivity contribution < 1.29 is 4.79 Å². The van der Waals surface area contributed by atoms with Crippen molar-refractivity contribution in [3.05, 3.63) is 35.4 Å². The van der Waals surface area contributed by atoms with Crippen LogP contribution in [0.1, 0.15) is 38.3 Å². The first-order valence-electron chi connectivity index (χ1n) is 7.13. The minimum atomic E-state index is 0.203. The molecule has 0 aromatic heterocycles. The van der Waals surface area contributed by atoms with E-state index in [1.165, 1.54) is 11.1 Å². The average Bonchev–Trinajstić information content (AvgIpc) is 2.39. The number of carbonyl (C=O) groups excluding carboxylic acids is 1.